The van der Waals surface area contributed by atoms with Crippen LogP contribution in [0.5, 0.6) is 0 Å². The maximum atomic E-state index is 5.94. The van der Waals surface area contributed by atoms with E-state index in [2.05, 4.69) is 35.0 Å². The second kappa shape index (κ2) is 5.12. The molecule has 1 atom stereocenters. The summed E-state index contributed by atoms with van der Waals surface area (Å²) >= 11 is 0. The van der Waals surface area contributed by atoms with Gasteiger partial charge in [-0.25, -0.2) is 0 Å². The van der Waals surface area contributed by atoms with Gasteiger partial charge in [-0.2, -0.15) is 0 Å². The van der Waals surface area contributed by atoms with Gasteiger partial charge in [-0.05, 0) is 12.5 Å². The Morgan fingerprint density at radius 2 is 2.12 bits per heavy atom. The maximum Gasteiger partial charge on any atom is 0.126 e. The molecular formula is C13H19N3. The van der Waals surface area contributed by atoms with Crippen LogP contribution in [-0.2, 0) is 0 Å². The number of rotatable bonds is 4. The highest BCUT2D eigenvalue weighted by Crippen LogP contribution is 2.28. The van der Waals surface area contributed by atoms with E-state index < -0.39 is 0 Å². The lowest BCUT2D eigenvalue weighted by Crippen LogP contribution is -2.29. The average Bonchev–Trinajstić information content (AvgIpc) is 2.33. The Kier molecular flexibility index (Phi) is 3.57. The van der Waals surface area contributed by atoms with Gasteiger partial charge < -0.3 is 10.6 Å². The topological polar surface area (TPSA) is 41.6 Å². The van der Waals surface area contributed by atoms with Crippen molar-refractivity contribution >= 4 is 12.0 Å². The van der Waals surface area contributed by atoms with Crippen LogP contribution in [0.15, 0.2) is 29.3 Å². The molecule has 0 spiro atoms. The Labute approximate surface area is 97.0 Å². The van der Waals surface area contributed by atoms with Crippen LogP contribution in [0.25, 0.3) is 0 Å². The third-order valence-corrected chi connectivity index (χ3v) is 2.93. The molecule has 1 unspecified atom stereocenters. The van der Waals surface area contributed by atoms with Gasteiger partial charge in [-0.3, -0.25) is 4.99 Å². The summed E-state index contributed by atoms with van der Waals surface area (Å²) in [6, 6.07) is 8.25. The summed E-state index contributed by atoms with van der Waals surface area (Å²) in [6.07, 6.45) is 5.39. The number of hydrogen-bond acceptors (Lipinski definition) is 3. The fourth-order valence-corrected chi connectivity index (χ4v) is 2.00. The number of nitrogens with two attached hydrogens (primary N) is 1. The first-order valence-corrected chi connectivity index (χ1v) is 5.97. The number of hydrogen-bond donors (Lipinski definition) is 1. The van der Waals surface area contributed by atoms with Gasteiger partial charge in [0.05, 0.1) is 6.34 Å². The van der Waals surface area contributed by atoms with Crippen LogP contribution < -0.4 is 10.6 Å². The predicted molar refractivity (Wildman–Crippen MR) is 68.7 cm³/mol. The molecule has 86 valence electrons. The number of anilines is 1. The molecule has 2 rings (SSSR count). The SMILES string of the molecule is CCCCCN1C=NC(N)c2ccccc21. The molecule has 2 N–H and O–H groups in total. The van der Waals surface area contributed by atoms with Crippen LogP contribution >= 0.6 is 0 Å². The molecule has 1 aliphatic heterocycles. The Bertz CT molecular complexity index is 373. The lowest BCUT2D eigenvalue weighted by Gasteiger charge is -2.28. The highest BCUT2D eigenvalue weighted by atomic mass is 15.2. The van der Waals surface area contributed by atoms with Crippen LogP contribution in [0.2, 0.25) is 0 Å². The van der Waals surface area contributed by atoms with E-state index in [-0.39, 0.29) is 6.17 Å². The van der Waals surface area contributed by atoms with Gasteiger partial charge in [0.25, 0.3) is 0 Å². The zero-order valence-electron chi connectivity index (χ0n) is 9.76. The van der Waals surface area contributed by atoms with E-state index in [1.807, 2.05) is 12.4 Å². The number of fused-ring (bicyclic) bond motifs is 1. The van der Waals surface area contributed by atoms with Crippen molar-refractivity contribution in [2.45, 2.75) is 32.4 Å². The lowest BCUT2D eigenvalue weighted by atomic mass is 10.1. The summed E-state index contributed by atoms with van der Waals surface area (Å²) in [4.78, 5) is 6.51. The smallest absolute Gasteiger partial charge is 0.126 e. The molecule has 0 saturated carbocycles. The molecule has 0 bridgehead atoms. The summed E-state index contributed by atoms with van der Waals surface area (Å²) in [5, 5.41) is 0. The standard InChI is InChI=1S/C13H19N3/c1-2-3-6-9-16-10-15-13(14)11-7-4-5-8-12(11)16/h4-5,7-8,10,13H,2-3,6,9,14H2,1H3. The summed E-state index contributed by atoms with van der Waals surface area (Å²) < 4.78 is 0. The van der Waals surface area contributed by atoms with Gasteiger partial charge in [0.15, 0.2) is 0 Å². The second-order valence-corrected chi connectivity index (χ2v) is 4.17. The largest absolute Gasteiger partial charge is 0.332 e. The van der Waals surface area contributed by atoms with E-state index >= 15 is 0 Å². The van der Waals surface area contributed by atoms with Crippen molar-refractivity contribution in [3.63, 3.8) is 0 Å². The minimum atomic E-state index is -0.196. The normalized spacial score (nSPS) is 18.6. The first-order chi connectivity index (χ1) is 7.83. The third-order valence-electron chi connectivity index (χ3n) is 2.93. The van der Waals surface area contributed by atoms with Crippen molar-refractivity contribution in [2.24, 2.45) is 10.7 Å². The number of benzene rings is 1. The Morgan fingerprint density at radius 3 is 2.94 bits per heavy atom. The van der Waals surface area contributed by atoms with Crippen molar-refractivity contribution in [3.8, 4) is 0 Å². The molecule has 1 aromatic rings. The highest BCUT2D eigenvalue weighted by Gasteiger charge is 2.17. The zero-order valence-corrected chi connectivity index (χ0v) is 9.76. The first-order valence-electron chi connectivity index (χ1n) is 5.97. The van der Waals surface area contributed by atoms with Gasteiger partial charge in [-0.1, -0.05) is 38.0 Å². The third kappa shape index (κ3) is 2.25. The van der Waals surface area contributed by atoms with Crippen LogP contribution in [0.4, 0.5) is 5.69 Å². The lowest BCUT2D eigenvalue weighted by molar-refractivity contribution is 0.703. The maximum absolute atomic E-state index is 5.94. The van der Waals surface area contributed by atoms with Gasteiger partial charge in [0, 0.05) is 17.8 Å². The van der Waals surface area contributed by atoms with E-state index in [1.165, 1.54) is 24.9 Å². The molecule has 0 saturated heterocycles. The van der Waals surface area contributed by atoms with Crippen molar-refractivity contribution in [2.75, 3.05) is 11.4 Å². The quantitative estimate of drug-likeness (QED) is 0.788. The fourth-order valence-electron chi connectivity index (χ4n) is 2.00. The molecule has 1 aromatic carbocycles. The minimum Gasteiger partial charge on any atom is -0.332 e. The Balaban J connectivity index is 2.13. The summed E-state index contributed by atoms with van der Waals surface area (Å²) in [7, 11) is 0. The van der Waals surface area contributed by atoms with Crippen molar-refractivity contribution in [1.29, 1.82) is 0 Å². The van der Waals surface area contributed by atoms with Crippen LogP contribution in [0.3, 0.4) is 0 Å². The van der Waals surface area contributed by atoms with E-state index in [9.17, 15) is 0 Å². The van der Waals surface area contributed by atoms with E-state index in [1.54, 1.807) is 0 Å². The Hall–Kier alpha value is -1.35. The number of aliphatic imine (C=N–C) groups is 1. The van der Waals surface area contributed by atoms with Gasteiger partial charge in [0.2, 0.25) is 0 Å². The highest BCUT2D eigenvalue weighted by molar-refractivity contribution is 5.83. The Morgan fingerprint density at radius 1 is 1.31 bits per heavy atom. The molecule has 16 heavy (non-hydrogen) atoms. The van der Waals surface area contributed by atoms with Crippen LogP contribution in [0, 0.1) is 0 Å². The molecule has 1 heterocycles. The minimum absolute atomic E-state index is 0.196. The molecule has 1 aliphatic rings. The summed E-state index contributed by atoms with van der Waals surface area (Å²) in [5.74, 6) is 0. The van der Waals surface area contributed by atoms with E-state index in [0.29, 0.717) is 0 Å². The average molecular weight is 217 g/mol. The monoisotopic (exact) mass is 217 g/mol. The van der Waals surface area contributed by atoms with Crippen molar-refractivity contribution in [1.82, 2.24) is 0 Å². The molecule has 3 nitrogen and oxygen atoms in total. The summed E-state index contributed by atoms with van der Waals surface area (Å²) in [6.45, 7) is 3.25. The van der Waals surface area contributed by atoms with Gasteiger partial charge in [-0.15, -0.1) is 0 Å². The predicted octanol–water partition coefficient (Wildman–Crippen LogP) is 2.68. The van der Waals surface area contributed by atoms with Gasteiger partial charge in [0.1, 0.15) is 6.17 Å². The number of para-hydroxylation sites is 1. The van der Waals surface area contributed by atoms with E-state index in [0.717, 1.165) is 12.1 Å². The molecule has 0 amide bonds. The van der Waals surface area contributed by atoms with Crippen molar-refractivity contribution in [3.05, 3.63) is 29.8 Å². The molecule has 0 aromatic heterocycles. The molecule has 0 aliphatic carbocycles. The van der Waals surface area contributed by atoms with E-state index in [4.69, 9.17) is 5.73 Å². The number of nitrogens with zero attached hydrogens (tertiary/aromatic N) is 2. The molecule has 0 radical (unpaired) electrons. The van der Waals surface area contributed by atoms with Gasteiger partial charge >= 0.3 is 0 Å². The van der Waals surface area contributed by atoms with Crippen LogP contribution in [-0.4, -0.2) is 12.9 Å². The fraction of sp³-hybridized carbons (Fsp3) is 0.462. The molecular weight excluding hydrogens is 198 g/mol. The molecule has 3 heteroatoms. The molecule has 0 fully saturated rings. The number of unbranched alkanes of at least 4 members (excludes halogenated alkanes) is 2. The zero-order chi connectivity index (χ0) is 11.4. The first kappa shape index (κ1) is 11.1. The van der Waals surface area contributed by atoms with Crippen LogP contribution in [0.1, 0.15) is 37.9 Å². The second-order valence-electron chi connectivity index (χ2n) is 4.17. The summed E-state index contributed by atoms with van der Waals surface area (Å²) in [5.41, 5.74) is 8.27. The van der Waals surface area contributed by atoms with Crippen molar-refractivity contribution < 1.29 is 0 Å².